The smallest absolute Gasteiger partial charge is 0.273 e. The molecule has 1 aromatic rings. The van der Waals surface area contributed by atoms with Crippen LogP contribution in [0.15, 0.2) is 18.3 Å². The summed E-state index contributed by atoms with van der Waals surface area (Å²) in [7, 11) is 0. The summed E-state index contributed by atoms with van der Waals surface area (Å²) in [5.74, 6) is 0.507. The van der Waals surface area contributed by atoms with E-state index in [0.717, 1.165) is 12.8 Å². The molecule has 0 saturated carbocycles. The van der Waals surface area contributed by atoms with Crippen molar-refractivity contribution >= 4 is 17.2 Å². The molecule has 0 aromatic carbocycles. The Bertz CT molecular complexity index is 529. The summed E-state index contributed by atoms with van der Waals surface area (Å²) >= 11 is 1.18. The van der Waals surface area contributed by atoms with Gasteiger partial charge in [0.1, 0.15) is 17.6 Å². The average molecular weight is 370 g/mol. The Labute approximate surface area is 154 Å². The van der Waals surface area contributed by atoms with Gasteiger partial charge in [-0.1, -0.05) is 51.2 Å². The molecule has 1 unspecified atom stereocenters. The van der Waals surface area contributed by atoms with Gasteiger partial charge in [0.15, 0.2) is 0 Å². The van der Waals surface area contributed by atoms with Crippen LogP contribution in [0, 0.1) is 5.92 Å². The summed E-state index contributed by atoms with van der Waals surface area (Å²) in [5, 5.41) is 16.2. The number of hydrogen-bond donors (Lipinski definition) is 3. The number of allylic oxidation sites excluding steroid dienone is 1. The van der Waals surface area contributed by atoms with Gasteiger partial charge in [0.2, 0.25) is 0 Å². The molecule has 1 amide bonds. The summed E-state index contributed by atoms with van der Waals surface area (Å²) in [6, 6.07) is 0.310. The molecule has 0 aliphatic heterocycles. The minimum atomic E-state index is -0.610. The largest absolute Gasteiger partial charge is 0.467 e. The number of ether oxygens (including phenoxy) is 1. The molecule has 6 nitrogen and oxygen atoms in total. The standard InChI is InChI=1S/C18H31N3O3S/c1-13(2)8-6-5-7-9-19-17(23)16-11-21-18(25-16)24-12-15(22)10-20-14(3)4/h5-6,11,13-15,20,22H,7-10,12H2,1-4H3,(H,19,23)/b6-5+. The molecule has 25 heavy (non-hydrogen) atoms. The van der Waals surface area contributed by atoms with Crippen molar-refractivity contribution in [1.82, 2.24) is 15.6 Å². The number of aliphatic hydroxyl groups is 1. The van der Waals surface area contributed by atoms with Gasteiger partial charge in [-0.3, -0.25) is 4.79 Å². The maximum atomic E-state index is 12.0. The normalized spacial score (nSPS) is 12.9. The molecule has 3 N–H and O–H groups in total. The van der Waals surface area contributed by atoms with Crippen molar-refractivity contribution in [2.24, 2.45) is 5.92 Å². The first-order valence-corrected chi connectivity index (χ1v) is 9.63. The Morgan fingerprint density at radius 1 is 1.36 bits per heavy atom. The fourth-order valence-corrected chi connectivity index (χ4v) is 2.56. The molecule has 142 valence electrons. The molecule has 0 bridgehead atoms. The van der Waals surface area contributed by atoms with E-state index in [9.17, 15) is 9.90 Å². The van der Waals surface area contributed by atoms with Crippen molar-refractivity contribution in [1.29, 1.82) is 0 Å². The number of aliphatic hydroxyl groups excluding tert-OH is 1. The van der Waals surface area contributed by atoms with E-state index in [1.54, 1.807) is 0 Å². The topological polar surface area (TPSA) is 83.5 Å². The van der Waals surface area contributed by atoms with Gasteiger partial charge in [-0.05, 0) is 18.8 Å². The van der Waals surface area contributed by atoms with E-state index in [2.05, 4.69) is 41.6 Å². The maximum absolute atomic E-state index is 12.0. The van der Waals surface area contributed by atoms with Gasteiger partial charge in [0.05, 0.1) is 6.20 Å². The predicted octanol–water partition coefficient (Wildman–Crippen LogP) is 2.60. The van der Waals surface area contributed by atoms with Gasteiger partial charge in [-0.25, -0.2) is 4.98 Å². The second-order valence-electron chi connectivity index (χ2n) is 6.66. The first kappa shape index (κ1) is 21.6. The van der Waals surface area contributed by atoms with Crippen LogP contribution in [0.25, 0.3) is 0 Å². The van der Waals surface area contributed by atoms with Crippen LogP contribution >= 0.6 is 11.3 Å². The third-order valence-electron chi connectivity index (χ3n) is 3.24. The summed E-state index contributed by atoms with van der Waals surface area (Å²) in [6.07, 6.45) is 7.00. The van der Waals surface area contributed by atoms with Crippen molar-refractivity contribution in [2.75, 3.05) is 19.7 Å². The van der Waals surface area contributed by atoms with Gasteiger partial charge >= 0.3 is 0 Å². The SMILES string of the molecule is CC(C)C/C=C/CCNC(=O)c1cnc(OCC(O)CNC(C)C)s1. The second kappa shape index (κ2) is 12.0. The zero-order valence-corrected chi connectivity index (χ0v) is 16.4. The number of carbonyl (C=O) groups is 1. The molecule has 0 aliphatic rings. The molecular formula is C18H31N3O3S. The molecule has 7 heteroatoms. The van der Waals surface area contributed by atoms with Gasteiger partial charge < -0.3 is 20.5 Å². The van der Waals surface area contributed by atoms with Gasteiger partial charge in [0, 0.05) is 19.1 Å². The zero-order valence-electron chi connectivity index (χ0n) is 15.6. The summed E-state index contributed by atoms with van der Waals surface area (Å²) < 4.78 is 5.44. The van der Waals surface area contributed by atoms with Crippen molar-refractivity contribution < 1.29 is 14.6 Å². The molecule has 0 aliphatic carbocycles. The van der Waals surface area contributed by atoms with E-state index in [4.69, 9.17) is 4.74 Å². The number of aromatic nitrogens is 1. The van der Waals surface area contributed by atoms with Crippen molar-refractivity contribution in [3.63, 3.8) is 0 Å². The van der Waals surface area contributed by atoms with Crippen molar-refractivity contribution in [2.45, 2.75) is 52.7 Å². The van der Waals surface area contributed by atoms with E-state index in [0.29, 0.717) is 35.1 Å². The monoisotopic (exact) mass is 369 g/mol. The van der Waals surface area contributed by atoms with E-state index in [-0.39, 0.29) is 12.5 Å². The number of nitrogens with one attached hydrogen (secondary N) is 2. The Morgan fingerprint density at radius 2 is 2.12 bits per heavy atom. The number of hydrogen-bond acceptors (Lipinski definition) is 6. The number of nitrogens with zero attached hydrogens (tertiary/aromatic N) is 1. The zero-order chi connectivity index (χ0) is 18.7. The Hall–Kier alpha value is -1.44. The quantitative estimate of drug-likeness (QED) is 0.390. The third-order valence-corrected chi connectivity index (χ3v) is 4.15. The van der Waals surface area contributed by atoms with E-state index in [1.807, 2.05) is 13.8 Å². The Balaban J connectivity index is 2.27. The van der Waals surface area contributed by atoms with Crippen LogP contribution in [0.5, 0.6) is 5.19 Å². The second-order valence-corrected chi connectivity index (χ2v) is 7.66. The highest BCUT2D eigenvalue weighted by Gasteiger charge is 2.12. The minimum Gasteiger partial charge on any atom is -0.467 e. The first-order valence-electron chi connectivity index (χ1n) is 8.81. The fraction of sp³-hybridized carbons (Fsp3) is 0.667. The molecule has 0 saturated heterocycles. The highest BCUT2D eigenvalue weighted by Crippen LogP contribution is 2.20. The lowest BCUT2D eigenvalue weighted by Crippen LogP contribution is -2.35. The Morgan fingerprint density at radius 3 is 2.80 bits per heavy atom. The van der Waals surface area contributed by atoms with Gasteiger partial charge in [-0.15, -0.1) is 0 Å². The number of carbonyl (C=O) groups excluding carboxylic acids is 1. The summed E-state index contributed by atoms with van der Waals surface area (Å²) in [4.78, 5) is 16.6. The van der Waals surface area contributed by atoms with E-state index in [1.165, 1.54) is 17.5 Å². The molecule has 0 radical (unpaired) electrons. The summed E-state index contributed by atoms with van der Waals surface area (Å²) in [6.45, 7) is 9.58. The minimum absolute atomic E-state index is 0.147. The molecule has 1 atom stereocenters. The fourth-order valence-electron chi connectivity index (χ4n) is 1.87. The van der Waals surface area contributed by atoms with Crippen molar-refractivity contribution in [3.05, 3.63) is 23.2 Å². The van der Waals surface area contributed by atoms with E-state index >= 15 is 0 Å². The predicted molar refractivity (Wildman–Crippen MR) is 102 cm³/mol. The van der Waals surface area contributed by atoms with E-state index < -0.39 is 6.10 Å². The number of thiazole rings is 1. The summed E-state index contributed by atoms with van der Waals surface area (Å²) in [5.41, 5.74) is 0. The lowest BCUT2D eigenvalue weighted by molar-refractivity contribution is 0.0958. The van der Waals surface area contributed by atoms with Crippen LogP contribution in [-0.2, 0) is 0 Å². The molecule has 0 spiro atoms. The van der Waals surface area contributed by atoms with Crippen LogP contribution in [-0.4, -0.2) is 47.8 Å². The molecule has 1 heterocycles. The lowest BCUT2D eigenvalue weighted by atomic mass is 10.1. The molecule has 1 aromatic heterocycles. The van der Waals surface area contributed by atoms with Crippen LogP contribution in [0.1, 0.15) is 50.2 Å². The van der Waals surface area contributed by atoms with Crippen LogP contribution < -0.4 is 15.4 Å². The first-order chi connectivity index (χ1) is 11.9. The van der Waals surface area contributed by atoms with Crippen LogP contribution in [0.3, 0.4) is 0 Å². The number of amides is 1. The lowest BCUT2D eigenvalue weighted by Gasteiger charge is -2.13. The molecule has 1 rings (SSSR count). The average Bonchev–Trinajstić information content (AvgIpc) is 3.02. The number of rotatable bonds is 12. The van der Waals surface area contributed by atoms with Crippen molar-refractivity contribution in [3.8, 4) is 5.19 Å². The maximum Gasteiger partial charge on any atom is 0.273 e. The van der Waals surface area contributed by atoms with Crippen LogP contribution in [0.2, 0.25) is 0 Å². The Kier molecular flexibility index (Phi) is 10.4. The third kappa shape index (κ3) is 10.2. The highest BCUT2D eigenvalue weighted by molar-refractivity contribution is 7.15. The van der Waals surface area contributed by atoms with Gasteiger partial charge in [0.25, 0.3) is 11.1 Å². The highest BCUT2D eigenvalue weighted by atomic mass is 32.1. The van der Waals surface area contributed by atoms with Crippen LogP contribution in [0.4, 0.5) is 0 Å². The molecular weight excluding hydrogens is 338 g/mol. The molecule has 0 fully saturated rings. The van der Waals surface area contributed by atoms with Gasteiger partial charge in [-0.2, -0.15) is 0 Å².